The Morgan fingerprint density at radius 2 is 0.448 bits per heavy atom. The molecule has 116 heavy (non-hydrogen) atoms. The van der Waals surface area contributed by atoms with Crippen molar-refractivity contribution in [2.75, 3.05) is 0 Å². The van der Waals surface area contributed by atoms with Gasteiger partial charge in [-0.05, 0) is 167 Å². The zero-order valence-electron chi connectivity index (χ0n) is 61.2. The van der Waals surface area contributed by atoms with E-state index < -0.39 is 0 Å². The fraction of sp³-hybridized carbons (Fsp3) is 0. The number of aromatic nitrogens is 8. The second kappa shape index (κ2) is 29.1. The van der Waals surface area contributed by atoms with Crippen molar-refractivity contribution >= 4 is 133 Å². The number of fused-ring (bicyclic) bond motifs is 24. The van der Waals surface area contributed by atoms with Crippen molar-refractivity contribution in [1.29, 1.82) is 0 Å². The number of hydrogen-bond donors (Lipinski definition) is 2. The molecule has 2 N–H and O–H groups in total. The van der Waals surface area contributed by atoms with Gasteiger partial charge in [-0.1, -0.05) is 194 Å². The molecule has 0 spiro atoms. The first-order chi connectivity index (χ1) is 57.4. The highest BCUT2D eigenvalue weighted by Gasteiger charge is 2.27. The van der Waals surface area contributed by atoms with Gasteiger partial charge in [0.25, 0.3) is 0 Å². The molecular formula is C96H58N16O4. The van der Waals surface area contributed by atoms with E-state index in [0.29, 0.717) is 181 Å². The molecular weight excluding hydrogens is 1440 g/mol. The molecule has 5 heterocycles. The SMILES string of the molecule is c1ccc(N=Nc2c(Oc3ccc4c(c3)-c3nc-4nc4[nH]c(nc5nc(nc6[nH]c(n3)c3ccc(Oc7ccc8ccccc8c7N=Nc7ccccc7)cc63)-c3ccc(Oc6ccc7ccccc7c6N=Nc6ccccc6)cc3-5)c3ccc(Oc5ccc6ccccc6c5N=Nc5ccccc5)cc43)ccc3ccccc23)cc1. The Hall–Kier alpha value is -16.5. The third kappa shape index (κ3) is 13.1. The van der Waals surface area contributed by atoms with Crippen LogP contribution in [0, 0.1) is 0 Å². The van der Waals surface area contributed by atoms with Crippen molar-refractivity contribution < 1.29 is 18.9 Å². The molecule has 20 heteroatoms. The number of nitrogens with one attached hydrogen (secondary N) is 2. The lowest BCUT2D eigenvalue weighted by atomic mass is 10.1. The predicted octanol–water partition coefficient (Wildman–Crippen LogP) is 28.3. The second-order valence-electron chi connectivity index (χ2n) is 27.5. The Labute approximate surface area is 660 Å². The van der Waals surface area contributed by atoms with E-state index in [1.807, 2.05) is 340 Å². The van der Waals surface area contributed by atoms with Gasteiger partial charge < -0.3 is 28.9 Å². The zero-order chi connectivity index (χ0) is 76.8. The first-order valence-electron chi connectivity index (χ1n) is 37.5. The van der Waals surface area contributed by atoms with Gasteiger partial charge in [0.05, 0.1) is 22.7 Å². The number of H-pyrrole nitrogens is 2. The van der Waals surface area contributed by atoms with E-state index in [1.54, 1.807) is 0 Å². The largest absolute Gasteiger partial charge is 0.455 e. The number of aromatic amines is 2. The molecule has 21 rings (SSSR count). The molecule has 0 atom stereocenters. The summed E-state index contributed by atoms with van der Waals surface area (Å²) in [6.45, 7) is 0. The van der Waals surface area contributed by atoms with E-state index >= 15 is 0 Å². The molecule has 0 aliphatic carbocycles. The van der Waals surface area contributed by atoms with Crippen molar-refractivity contribution in [2.45, 2.75) is 0 Å². The fourth-order valence-corrected chi connectivity index (χ4v) is 14.6. The van der Waals surface area contributed by atoms with Crippen molar-refractivity contribution in [1.82, 2.24) is 39.9 Å². The molecule has 2 aliphatic heterocycles. The molecule has 546 valence electrons. The van der Waals surface area contributed by atoms with Gasteiger partial charge in [-0.2, -0.15) is 20.5 Å². The minimum atomic E-state index is 0.319. The number of nitrogens with zero attached hydrogens (tertiary/aromatic N) is 14. The molecule has 0 fully saturated rings. The minimum Gasteiger partial charge on any atom is -0.455 e. The Balaban J connectivity index is 0.771. The predicted molar refractivity (Wildman–Crippen MR) is 455 cm³/mol. The van der Waals surface area contributed by atoms with Gasteiger partial charge in [-0.3, -0.25) is 0 Å². The van der Waals surface area contributed by atoms with Crippen LogP contribution in [0.2, 0.25) is 0 Å². The van der Waals surface area contributed by atoms with Crippen LogP contribution in [0.1, 0.15) is 0 Å². The van der Waals surface area contributed by atoms with Gasteiger partial charge in [-0.25, -0.2) is 29.9 Å². The number of benzene rings is 16. The van der Waals surface area contributed by atoms with Crippen LogP contribution in [-0.2, 0) is 0 Å². The van der Waals surface area contributed by atoms with Gasteiger partial charge in [0, 0.05) is 65.3 Å². The van der Waals surface area contributed by atoms with Gasteiger partial charge in [-0.15, -0.1) is 20.5 Å². The standard InChI is InChI=1S/C96H58N16O4/c1-5-25-61(26-6-1)105-109-85-69-33-17-13-21-57(69)37-49-81(85)113-65-41-45-73-77(53-65)93-97-89(73)102-94-79-55-67(115-83-51-39-59-23-15-19-35-71(59)87(83)111-107-63-29-9-3-10-30-63)43-47-75(79)91(99-94)104-96-80-56-68(116-84-52-40-60-24-16-20-36-72(60)88(84)112-108-64-31-11-4-12-32-64)44-48-76(80)92(100-96)103-95-78-54-66(42-46-74(78)90(98-95)101-93)114-82-50-38-58-22-14-18-34-70(58)86(82)110-106-62-27-7-2-8-28-62/h1-56H,(H2,97,98,99,100,101,102,103,104). The van der Waals surface area contributed by atoms with Gasteiger partial charge in [0.15, 0.2) is 46.3 Å². The summed E-state index contributed by atoms with van der Waals surface area (Å²) in [5.74, 6) is 5.16. The first-order valence-corrected chi connectivity index (χ1v) is 37.5. The summed E-state index contributed by atoms with van der Waals surface area (Å²) in [5, 5.41) is 48.1. The lowest BCUT2D eigenvalue weighted by molar-refractivity contribution is 0.484. The summed E-state index contributed by atoms with van der Waals surface area (Å²) in [6, 6.07) is 109. The third-order valence-electron chi connectivity index (χ3n) is 20.2. The van der Waals surface area contributed by atoms with Crippen molar-refractivity contribution in [3.8, 4) is 91.5 Å². The smallest absolute Gasteiger partial charge is 0.164 e. The first kappa shape index (κ1) is 67.6. The summed E-state index contributed by atoms with van der Waals surface area (Å²) in [4.78, 5) is 40.1. The van der Waals surface area contributed by atoms with Crippen molar-refractivity contribution in [2.24, 2.45) is 40.9 Å². The fourth-order valence-electron chi connectivity index (χ4n) is 14.6. The molecule has 3 aromatic heterocycles. The lowest BCUT2D eigenvalue weighted by Crippen LogP contribution is -1.89. The molecule has 19 aromatic rings. The number of rotatable bonds is 16. The van der Waals surface area contributed by atoms with Gasteiger partial charge in [0.1, 0.15) is 68.3 Å². The maximum absolute atomic E-state index is 6.96. The second-order valence-corrected chi connectivity index (χ2v) is 27.5. The van der Waals surface area contributed by atoms with Crippen molar-refractivity contribution in [3.05, 3.63) is 340 Å². The highest BCUT2D eigenvalue weighted by Crippen LogP contribution is 2.48. The monoisotopic (exact) mass is 1500 g/mol. The summed E-state index contributed by atoms with van der Waals surface area (Å²) in [6.07, 6.45) is 0. The van der Waals surface area contributed by atoms with Crippen LogP contribution in [0.4, 0.5) is 45.5 Å². The molecule has 8 bridgehead atoms. The highest BCUT2D eigenvalue weighted by molar-refractivity contribution is 6.08. The Bertz CT molecular complexity index is 7040. The van der Waals surface area contributed by atoms with E-state index in [9.17, 15) is 0 Å². The zero-order valence-corrected chi connectivity index (χ0v) is 61.2. The Kier molecular flexibility index (Phi) is 16.9. The maximum Gasteiger partial charge on any atom is 0.164 e. The summed E-state index contributed by atoms with van der Waals surface area (Å²) in [5.41, 5.74) is 9.20. The molecule has 0 unspecified atom stereocenters. The van der Waals surface area contributed by atoms with Crippen LogP contribution in [0.3, 0.4) is 0 Å². The quantitative estimate of drug-likeness (QED) is 0.0866. The van der Waals surface area contributed by atoms with Crippen LogP contribution >= 0.6 is 0 Å². The van der Waals surface area contributed by atoms with Crippen LogP contribution in [0.5, 0.6) is 46.0 Å². The lowest BCUT2D eigenvalue weighted by Gasteiger charge is -2.12. The van der Waals surface area contributed by atoms with E-state index in [2.05, 4.69) is 30.4 Å². The van der Waals surface area contributed by atoms with Gasteiger partial charge >= 0.3 is 0 Å². The Morgan fingerprint density at radius 3 is 0.759 bits per heavy atom. The summed E-state index contributed by atoms with van der Waals surface area (Å²) < 4.78 is 27.8. The topological polar surface area (TPSA) is 245 Å². The molecule has 0 saturated heterocycles. The normalized spacial score (nSPS) is 12.0. The van der Waals surface area contributed by atoms with Crippen LogP contribution in [0.15, 0.2) is 381 Å². The van der Waals surface area contributed by atoms with E-state index in [1.165, 1.54) is 0 Å². The highest BCUT2D eigenvalue weighted by atomic mass is 16.5. The van der Waals surface area contributed by atoms with Crippen LogP contribution < -0.4 is 18.9 Å². The summed E-state index contributed by atoms with van der Waals surface area (Å²) in [7, 11) is 0. The van der Waals surface area contributed by atoms with E-state index in [0.717, 1.165) is 43.1 Å². The van der Waals surface area contributed by atoms with Crippen LogP contribution in [0.25, 0.3) is 133 Å². The van der Waals surface area contributed by atoms with Crippen LogP contribution in [-0.4, -0.2) is 39.9 Å². The van der Waals surface area contributed by atoms with E-state index in [-0.39, 0.29) is 0 Å². The third-order valence-corrected chi connectivity index (χ3v) is 20.2. The Morgan fingerprint density at radius 1 is 0.190 bits per heavy atom. The molecule has 0 radical (unpaired) electrons. The van der Waals surface area contributed by atoms with Crippen molar-refractivity contribution in [3.63, 3.8) is 0 Å². The minimum absolute atomic E-state index is 0.319. The molecule has 0 amide bonds. The number of azo groups is 4. The molecule has 20 nitrogen and oxygen atoms in total. The average Bonchev–Trinajstić information content (AvgIpc) is 1.60. The average molecular weight is 1500 g/mol. The van der Waals surface area contributed by atoms with Gasteiger partial charge in [0.2, 0.25) is 0 Å². The molecule has 16 aromatic carbocycles. The molecule has 0 saturated carbocycles. The maximum atomic E-state index is 6.96. The summed E-state index contributed by atoms with van der Waals surface area (Å²) >= 11 is 0. The van der Waals surface area contributed by atoms with E-state index in [4.69, 9.17) is 69.3 Å². The number of ether oxygens (including phenoxy) is 4. The molecule has 2 aliphatic rings. The number of hydrogen-bond acceptors (Lipinski definition) is 18.